The van der Waals surface area contributed by atoms with Gasteiger partial charge in [-0.3, -0.25) is 4.79 Å². The Kier molecular flexibility index (Phi) is 5.38. The number of aromatic nitrogens is 1. The Hall–Kier alpha value is -2.01. The number of carbonyl (C=O) groups excluding carboxylic acids is 1. The molecule has 0 aliphatic carbocycles. The van der Waals surface area contributed by atoms with E-state index in [1.165, 1.54) is 6.07 Å². The fraction of sp³-hybridized carbons (Fsp3) is 0.0769. The van der Waals surface area contributed by atoms with Crippen molar-refractivity contribution in [3.8, 4) is 0 Å². The Labute approximate surface area is 115 Å². The highest BCUT2D eigenvalue weighted by Gasteiger charge is 2.16. The zero-order valence-electron chi connectivity index (χ0n) is 9.79. The molecule has 1 aromatic carbocycles. The number of carbonyl (C=O) groups is 1. The van der Waals surface area contributed by atoms with Crippen LogP contribution >= 0.6 is 0 Å². The Morgan fingerprint density at radius 2 is 1.84 bits per heavy atom. The molecule has 100 valence electrons. The Bertz CT molecular complexity index is 544. The minimum Gasteiger partial charge on any atom is -1.00 e. The van der Waals surface area contributed by atoms with Crippen LogP contribution in [-0.4, -0.2) is 5.91 Å². The summed E-state index contributed by atoms with van der Waals surface area (Å²) in [4.78, 5) is 14.5. The van der Waals surface area contributed by atoms with Gasteiger partial charge in [0.1, 0.15) is 17.2 Å². The maximum atomic E-state index is 13.3. The van der Waals surface area contributed by atoms with Crippen LogP contribution in [0.2, 0.25) is 0 Å². The highest BCUT2D eigenvalue weighted by molar-refractivity contribution is 5.94. The van der Waals surface area contributed by atoms with Gasteiger partial charge in [0, 0.05) is 18.2 Å². The zero-order valence-corrected chi connectivity index (χ0v) is 10.5. The first-order valence-electron chi connectivity index (χ1n) is 5.35. The third-order valence-electron chi connectivity index (χ3n) is 2.41. The zero-order chi connectivity index (χ0) is 13.0. The monoisotopic (exact) mass is 284 g/mol. The summed E-state index contributed by atoms with van der Waals surface area (Å²) in [6, 6.07) is 6.87. The van der Waals surface area contributed by atoms with Crippen molar-refractivity contribution in [3.05, 3.63) is 65.5 Å². The number of nitrogens with one attached hydrogen (secondary N) is 2. The van der Waals surface area contributed by atoms with Gasteiger partial charge in [0.15, 0.2) is 12.4 Å². The Morgan fingerprint density at radius 1 is 1.16 bits per heavy atom. The van der Waals surface area contributed by atoms with Gasteiger partial charge >= 0.3 is 0 Å². The van der Waals surface area contributed by atoms with Crippen LogP contribution in [0.15, 0.2) is 42.7 Å². The number of rotatable bonds is 3. The van der Waals surface area contributed by atoms with Crippen molar-refractivity contribution in [2.45, 2.75) is 6.54 Å². The quantitative estimate of drug-likeness (QED) is 0.749. The van der Waals surface area contributed by atoms with Crippen molar-refractivity contribution in [3.63, 3.8) is 0 Å². The molecule has 6 heteroatoms. The summed E-state index contributed by atoms with van der Waals surface area (Å²) in [7, 11) is 0. The first-order valence-corrected chi connectivity index (χ1v) is 5.35. The lowest BCUT2D eigenvalue weighted by atomic mass is 10.2. The molecule has 0 saturated carbocycles. The predicted molar refractivity (Wildman–Crippen MR) is 60.5 cm³/mol. The predicted octanol–water partition coefficient (Wildman–Crippen LogP) is -1.29. The van der Waals surface area contributed by atoms with Gasteiger partial charge in [-0.15, -0.1) is 0 Å². The summed E-state index contributed by atoms with van der Waals surface area (Å²) in [5.41, 5.74) is 0.250. The number of benzene rings is 1. The minimum absolute atomic E-state index is 0. The molecule has 0 radical (unpaired) electrons. The van der Waals surface area contributed by atoms with Gasteiger partial charge in [-0.1, -0.05) is 6.07 Å². The van der Waals surface area contributed by atoms with Crippen molar-refractivity contribution in [2.75, 3.05) is 0 Å². The van der Waals surface area contributed by atoms with Crippen molar-refractivity contribution >= 4 is 5.91 Å². The van der Waals surface area contributed by atoms with Crippen molar-refractivity contribution < 1.29 is 31.0 Å². The minimum atomic E-state index is -0.868. The van der Waals surface area contributed by atoms with Gasteiger partial charge in [-0.05, 0) is 18.2 Å². The van der Waals surface area contributed by atoms with Crippen LogP contribution in [0.5, 0.6) is 0 Å². The fourth-order valence-electron chi connectivity index (χ4n) is 1.53. The first kappa shape index (κ1) is 15.0. The number of aromatic amines is 1. The summed E-state index contributed by atoms with van der Waals surface area (Å²) >= 11 is 0. The maximum Gasteiger partial charge on any atom is 0.257 e. The lowest BCUT2D eigenvalue weighted by Crippen LogP contribution is -3.00. The second-order valence-corrected chi connectivity index (χ2v) is 3.69. The molecular weight excluding hydrogens is 274 g/mol. The third-order valence-corrected chi connectivity index (χ3v) is 2.41. The van der Waals surface area contributed by atoms with E-state index in [0.29, 0.717) is 0 Å². The molecule has 0 unspecified atom stereocenters. The lowest BCUT2D eigenvalue weighted by Gasteiger charge is -2.05. The van der Waals surface area contributed by atoms with Crippen LogP contribution in [0.1, 0.15) is 15.9 Å². The van der Waals surface area contributed by atoms with Gasteiger partial charge in [-0.2, -0.15) is 0 Å². The molecule has 19 heavy (non-hydrogen) atoms. The number of H-pyrrole nitrogens is 1. The molecule has 0 spiro atoms. The van der Waals surface area contributed by atoms with Gasteiger partial charge in [-0.25, -0.2) is 13.8 Å². The van der Waals surface area contributed by atoms with Crippen molar-refractivity contribution in [1.82, 2.24) is 5.32 Å². The topological polar surface area (TPSA) is 43.2 Å². The van der Waals surface area contributed by atoms with E-state index in [4.69, 9.17) is 0 Å². The highest BCUT2D eigenvalue weighted by atomic mass is 35.5. The van der Waals surface area contributed by atoms with Gasteiger partial charge in [0.2, 0.25) is 0 Å². The van der Waals surface area contributed by atoms with Crippen LogP contribution in [0, 0.1) is 11.6 Å². The molecule has 0 fully saturated rings. The second-order valence-electron chi connectivity index (χ2n) is 3.69. The van der Waals surface area contributed by atoms with E-state index in [1.807, 2.05) is 0 Å². The van der Waals surface area contributed by atoms with E-state index in [1.54, 1.807) is 24.5 Å². The van der Waals surface area contributed by atoms with Crippen molar-refractivity contribution in [2.24, 2.45) is 0 Å². The second kappa shape index (κ2) is 6.80. The largest absolute Gasteiger partial charge is 1.00 e. The smallest absolute Gasteiger partial charge is 0.257 e. The van der Waals surface area contributed by atoms with E-state index in [0.717, 1.165) is 17.7 Å². The van der Waals surface area contributed by atoms with Crippen LogP contribution in [0.4, 0.5) is 8.78 Å². The Morgan fingerprint density at radius 3 is 2.42 bits per heavy atom. The molecule has 2 aromatic rings. The average molecular weight is 285 g/mol. The van der Waals surface area contributed by atoms with Crippen LogP contribution in [-0.2, 0) is 6.54 Å². The van der Waals surface area contributed by atoms with Crippen LogP contribution < -0.4 is 22.7 Å². The molecule has 0 bridgehead atoms. The van der Waals surface area contributed by atoms with E-state index in [-0.39, 0.29) is 19.0 Å². The number of pyridine rings is 1. The summed E-state index contributed by atoms with van der Waals surface area (Å²) in [6.07, 6.45) is 3.42. The average Bonchev–Trinajstić information content (AvgIpc) is 2.37. The molecule has 1 heterocycles. The molecule has 2 N–H and O–H groups in total. The van der Waals surface area contributed by atoms with Crippen molar-refractivity contribution in [1.29, 1.82) is 0 Å². The van der Waals surface area contributed by atoms with Gasteiger partial charge < -0.3 is 17.7 Å². The lowest BCUT2D eigenvalue weighted by molar-refractivity contribution is -0.378. The standard InChI is InChI=1S/C13H10F2N2O.ClH/c14-10-4-1-5-11(15)12(10)13(18)17-8-9-3-2-6-16-7-9;/h1-7H,8H2,(H,17,18);1H. The molecule has 0 atom stereocenters. The first-order chi connectivity index (χ1) is 8.68. The SMILES string of the molecule is O=C(NCc1ccc[nH+]c1)c1c(F)cccc1F.[Cl-]. The molecular formula is C13H11ClF2N2O. The van der Waals surface area contributed by atoms with Gasteiger partial charge in [0.25, 0.3) is 5.91 Å². The summed E-state index contributed by atoms with van der Waals surface area (Å²) < 4.78 is 26.6. The molecule has 0 aliphatic rings. The summed E-state index contributed by atoms with van der Waals surface area (Å²) in [5, 5.41) is 2.46. The Balaban J connectivity index is 0.00000180. The molecule has 1 amide bonds. The van der Waals surface area contributed by atoms with E-state index in [9.17, 15) is 13.6 Å². The number of halogens is 3. The van der Waals surface area contributed by atoms with Gasteiger partial charge in [0.05, 0.1) is 0 Å². The van der Waals surface area contributed by atoms with Crippen LogP contribution in [0.3, 0.4) is 0 Å². The molecule has 2 rings (SSSR count). The highest BCUT2D eigenvalue weighted by Crippen LogP contribution is 2.11. The number of amides is 1. The molecule has 0 aliphatic heterocycles. The molecule has 3 nitrogen and oxygen atoms in total. The van der Waals surface area contributed by atoms with E-state index >= 15 is 0 Å². The third kappa shape index (κ3) is 3.72. The normalized spacial score (nSPS) is 9.58. The number of hydrogen-bond donors (Lipinski definition) is 1. The molecule has 0 saturated heterocycles. The summed E-state index contributed by atoms with van der Waals surface area (Å²) in [5.74, 6) is -2.51. The fourth-order valence-corrected chi connectivity index (χ4v) is 1.53. The van der Waals surface area contributed by atoms with E-state index < -0.39 is 23.1 Å². The summed E-state index contributed by atoms with van der Waals surface area (Å²) in [6.45, 7) is 0.198. The number of hydrogen-bond acceptors (Lipinski definition) is 1. The van der Waals surface area contributed by atoms with E-state index in [2.05, 4.69) is 10.3 Å². The van der Waals surface area contributed by atoms with Crippen LogP contribution in [0.25, 0.3) is 0 Å². The molecule has 1 aromatic heterocycles. The maximum absolute atomic E-state index is 13.3.